The van der Waals surface area contributed by atoms with Gasteiger partial charge < -0.3 is 15.0 Å². The Morgan fingerprint density at radius 2 is 1.88 bits per heavy atom. The SMILES string of the molecule is O[C@H]1Cc2ccccc2[C@H]1NCc1nccn1Cc1ccccc1. The molecule has 0 aliphatic heterocycles. The van der Waals surface area contributed by atoms with E-state index in [2.05, 4.69) is 51.3 Å². The number of imidazole rings is 1. The van der Waals surface area contributed by atoms with Crippen molar-refractivity contribution >= 4 is 0 Å². The van der Waals surface area contributed by atoms with Gasteiger partial charge in [-0.3, -0.25) is 0 Å². The van der Waals surface area contributed by atoms with Crippen molar-refractivity contribution in [1.29, 1.82) is 0 Å². The summed E-state index contributed by atoms with van der Waals surface area (Å²) in [4.78, 5) is 4.47. The van der Waals surface area contributed by atoms with Crippen LogP contribution in [0.4, 0.5) is 0 Å². The van der Waals surface area contributed by atoms with Crippen LogP contribution >= 0.6 is 0 Å². The lowest BCUT2D eigenvalue weighted by Gasteiger charge is -2.18. The molecule has 24 heavy (non-hydrogen) atoms. The van der Waals surface area contributed by atoms with Gasteiger partial charge in [-0.1, -0.05) is 54.6 Å². The first-order chi connectivity index (χ1) is 11.8. The third kappa shape index (κ3) is 2.98. The number of hydrogen-bond donors (Lipinski definition) is 2. The highest BCUT2D eigenvalue weighted by atomic mass is 16.3. The largest absolute Gasteiger partial charge is 0.391 e. The van der Waals surface area contributed by atoms with Gasteiger partial charge in [0.25, 0.3) is 0 Å². The van der Waals surface area contributed by atoms with Crippen molar-refractivity contribution in [2.24, 2.45) is 0 Å². The van der Waals surface area contributed by atoms with Gasteiger partial charge in [-0.25, -0.2) is 4.98 Å². The minimum atomic E-state index is -0.375. The maximum Gasteiger partial charge on any atom is 0.122 e. The fourth-order valence-electron chi connectivity index (χ4n) is 3.45. The van der Waals surface area contributed by atoms with Gasteiger partial charge in [0.1, 0.15) is 5.82 Å². The Labute approximate surface area is 141 Å². The first kappa shape index (κ1) is 15.1. The summed E-state index contributed by atoms with van der Waals surface area (Å²) < 4.78 is 2.15. The molecule has 2 atom stereocenters. The number of aliphatic hydroxyl groups excluding tert-OH is 1. The molecule has 4 heteroatoms. The van der Waals surface area contributed by atoms with E-state index in [1.165, 1.54) is 16.7 Å². The zero-order valence-electron chi connectivity index (χ0n) is 13.5. The predicted octanol–water partition coefficient (Wildman–Crippen LogP) is 2.68. The van der Waals surface area contributed by atoms with Gasteiger partial charge in [0.05, 0.1) is 18.7 Å². The number of hydrogen-bond acceptors (Lipinski definition) is 3. The number of fused-ring (bicyclic) bond motifs is 1. The molecule has 0 amide bonds. The van der Waals surface area contributed by atoms with E-state index < -0.39 is 0 Å². The third-order valence-corrected chi connectivity index (χ3v) is 4.68. The molecule has 4 rings (SSSR count). The average Bonchev–Trinajstić information content (AvgIpc) is 3.17. The molecule has 0 bridgehead atoms. The van der Waals surface area contributed by atoms with Crippen molar-refractivity contribution in [2.75, 3.05) is 0 Å². The monoisotopic (exact) mass is 319 g/mol. The van der Waals surface area contributed by atoms with Crippen LogP contribution in [0.3, 0.4) is 0 Å². The first-order valence-corrected chi connectivity index (χ1v) is 8.34. The molecule has 0 saturated carbocycles. The molecule has 3 aromatic rings. The molecule has 4 nitrogen and oxygen atoms in total. The Morgan fingerprint density at radius 3 is 2.75 bits per heavy atom. The van der Waals surface area contributed by atoms with Crippen LogP contribution in [0.2, 0.25) is 0 Å². The second-order valence-electron chi connectivity index (χ2n) is 6.29. The number of aliphatic hydroxyl groups is 1. The summed E-state index contributed by atoms with van der Waals surface area (Å²) in [5, 5.41) is 13.8. The summed E-state index contributed by atoms with van der Waals surface area (Å²) in [7, 11) is 0. The molecular formula is C20H21N3O. The van der Waals surface area contributed by atoms with Crippen LogP contribution in [0.1, 0.15) is 28.6 Å². The van der Waals surface area contributed by atoms with E-state index in [4.69, 9.17) is 0 Å². The summed E-state index contributed by atoms with van der Waals surface area (Å²) in [6.07, 6.45) is 4.17. The van der Waals surface area contributed by atoms with Crippen LogP contribution < -0.4 is 5.32 Å². The number of rotatable bonds is 5. The number of nitrogens with one attached hydrogen (secondary N) is 1. The molecule has 1 aliphatic carbocycles. The maximum atomic E-state index is 10.4. The molecule has 0 saturated heterocycles. The van der Waals surface area contributed by atoms with Gasteiger partial charge in [0.2, 0.25) is 0 Å². The fraction of sp³-hybridized carbons (Fsp3) is 0.250. The lowest BCUT2D eigenvalue weighted by Crippen LogP contribution is -2.29. The molecule has 0 radical (unpaired) electrons. The molecule has 1 heterocycles. The lowest BCUT2D eigenvalue weighted by molar-refractivity contribution is 0.140. The Morgan fingerprint density at radius 1 is 1.08 bits per heavy atom. The van der Waals surface area contributed by atoms with Crippen LogP contribution in [0.5, 0.6) is 0 Å². The Kier molecular flexibility index (Phi) is 4.15. The lowest BCUT2D eigenvalue weighted by atomic mass is 10.1. The maximum absolute atomic E-state index is 10.4. The first-order valence-electron chi connectivity index (χ1n) is 8.34. The van der Waals surface area contributed by atoms with Gasteiger partial charge in [-0.05, 0) is 16.7 Å². The van der Waals surface area contributed by atoms with Crippen molar-refractivity contribution in [2.45, 2.75) is 31.7 Å². The average molecular weight is 319 g/mol. The summed E-state index contributed by atoms with van der Waals surface area (Å²) in [5.74, 6) is 0.982. The van der Waals surface area contributed by atoms with Crippen LogP contribution in [0.15, 0.2) is 67.0 Å². The van der Waals surface area contributed by atoms with Crippen LogP contribution in [0, 0.1) is 0 Å². The molecule has 0 fully saturated rings. The summed E-state index contributed by atoms with van der Waals surface area (Å²) >= 11 is 0. The quantitative estimate of drug-likeness (QED) is 0.760. The second kappa shape index (κ2) is 6.59. The minimum absolute atomic E-state index is 0.0249. The van der Waals surface area contributed by atoms with E-state index in [1.807, 2.05) is 30.6 Å². The normalized spacial score (nSPS) is 19.4. The van der Waals surface area contributed by atoms with Gasteiger partial charge in [0, 0.05) is 25.4 Å². The smallest absolute Gasteiger partial charge is 0.122 e. The van der Waals surface area contributed by atoms with Gasteiger partial charge in [-0.15, -0.1) is 0 Å². The molecule has 1 aliphatic rings. The van der Waals surface area contributed by atoms with Crippen molar-refractivity contribution in [3.63, 3.8) is 0 Å². The molecule has 1 aromatic heterocycles. The van der Waals surface area contributed by atoms with Gasteiger partial charge in [0.15, 0.2) is 0 Å². The highest BCUT2D eigenvalue weighted by Crippen LogP contribution is 2.31. The van der Waals surface area contributed by atoms with Crippen molar-refractivity contribution in [3.8, 4) is 0 Å². The zero-order chi connectivity index (χ0) is 16.4. The van der Waals surface area contributed by atoms with Crippen molar-refractivity contribution < 1.29 is 5.11 Å². The number of nitrogens with zero attached hydrogens (tertiary/aromatic N) is 2. The van der Waals surface area contributed by atoms with Crippen LogP contribution in [-0.4, -0.2) is 20.8 Å². The molecule has 0 spiro atoms. The second-order valence-corrected chi connectivity index (χ2v) is 6.29. The summed E-state index contributed by atoms with van der Waals surface area (Å²) in [5.41, 5.74) is 3.68. The van der Waals surface area contributed by atoms with Gasteiger partial charge >= 0.3 is 0 Å². The molecule has 0 unspecified atom stereocenters. The number of aromatic nitrogens is 2. The summed E-state index contributed by atoms with van der Waals surface area (Å²) in [6.45, 7) is 1.44. The minimum Gasteiger partial charge on any atom is -0.391 e. The van der Waals surface area contributed by atoms with Gasteiger partial charge in [-0.2, -0.15) is 0 Å². The van der Waals surface area contributed by atoms with Crippen LogP contribution in [-0.2, 0) is 19.5 Å². The zero-order valence-corrected chi connectivity index (χ0v) is 13.5. The fourth-order valence-corrected chi connectivity index (χ4v) is 3.45. The van der Waals surface area contributed by atoms with E-state index >= 15 is 0 Å². The van der Waals surface area contributed by atoms with E-state index in [1.54, 1.807) is 0 Å². The molecule has 2 aromatic carbocycles. The summed E-state index contributed by atoms with van der Waals surface area (Å²) in [6, 6.07) is 18.6. The van der Waals surface area contributed by atoms with Crippen molar-refractivity contribution in [3.05, 3.63) is 89.5 Å². The topological polar surface area (TPSA) is 50.1 Å². The van der Waals surface area contributed by atoms with E-state index in [0.717, 1.165) is 12.4 Å². The highest BCUT2D eigenvalue weighted by molar-refractivity contribution is 5.36. The Hall–Kier alpha value is -2.43. The van der Waals surface area contributed by atoms with Crippen molar-refractivity contribution in [1.82, 2.24) is 14.9 Å². The molecule has 122 valence electrons. The van der Waals surface area contributed by atoms with E-state index in [-0.39, 0.29) is 12.1 Å². The Balaban J connectivity index is 1.47. The number of benzene rings is 2. The Bertz CT molecular complexity index is 813. The van der Waals surface area contributed by atoms with E-state index in [0.29, 0.717) is 13.0 Å². The predicted molar refractivity (Wildman–Crippen MR) is 93.5 cm³/mol. The standard InChI is InChI=1S/C20H21N3O/c24-18-12-16-8-4-5-9-17(16)20(18)22-13-19-21-10-11-23(19)14-15-6-2-1-3-7-15/h1-11,18,20,22,24H,12-14H2/t18-,20+/m0/s1. The molecular weight excluding hydrogens is 298 g/mol. The molecule has 2 N–H and O–H groups in total. The van der Waals surface area contributed by atoms with E-state index in [9.17, 15) is 5.11 Å². The highest BCUT2D eigenvalue weighted by Gasteiger charge is 2.30. The third-order valence-electron chi connectivity index (χ3n) is 4.68. The van der Waals surface area contributed by atoms with Crippen LogP contribution in [0.25, 0.3) is 0 Å².